The summed E-state index contributed by atoms with van der Waals surface area (Å²) >= 11 is 0. The van der Waals surface area contributed by atoms with E-state index in [4.69, 9.17) is 15.2 Å². The number of hydrogen-bond acceptors (Lipinski definition) is 6. The normalized spacial score (nSPS) is 12.9. The Bertz CT molecular complexity index is 1300. The van der Waals surface area contributed by atoms with Gasteiger partial charge in [0.2, 0.25) is 0 Å². The van der Waals surface area contributed by atoms with Crippen LogP contribution in [-0.4, -0.2) is 38.7 Å². The van der Waals surface area contributed by atoms with Crippen molar-refractivity contribution in [2.45, 2.75) is 32.2 Å². The molecule has 0 saturated carbocycles. The summed E-state index contributed by atoms with van der Waals surface area (Å²) in [6.07, 6.45) is -2.42. The van der Waals surface area contributed by atoms with Gasteiger partial charge in [-0.25, -0.2) is 4.79 Å². The fourth-order valence-electron chi connectivity index (χ4n) is 4.25. The van der Waals surface area contributed by atoms with Gasteiger partial charge in [0, 0.05) is 35.3 Å². The van der Waals surface area contributed by atoms with Crippen LogP contribution in [0.5, 0.6) is 17.2 Å². The maximum Gasteiger partial charge on any atom is 0.341 e. The molecule has 0 aliphatic rings. The van der Waals surface area contributed by atoms with Crippen molar-refractivity contribution in [3.8, 4) is 17.2 Å². The van der Waals surface area contributed by atoms with E-state index in [1.165, 1.54) is 0 Å². The van der Waals surface area contributed by atoms with Gasteiger partial charge in [0.15, 0.2) is 6.61 Å². The Hall–Kier alpha value is -3.85. The van der Waals surface area contributed by atoms with Crippen molar-refractivity contribution in [2.24, 2.45) is 5.73 Å². The van der Waals surface area contributed by atoms with Crippen molar-refractivity contribution in [1.82, 2.24) is 4.57 Å². The zero-order valence-electron chi connectivity index (χ0n) is 19.3. The van der Waals surface area contributed by atoms with Crippen molar-refractivity contribution in [3.05, 3.63) is 89.6 Å². The van der Waals surface area contributed by atoms with Crippen LogP contribution in [0.25, 0.3) is 10.9 Å². The van der Waals surface area contributed by atoms with Gasteiger partial charge in [0.05, 0.1) is 5.52 Å². The Balaban J connectivity index is 1.98. The molecule has 0 aliphatic heterocycles. The molecule has 0 spiro atoms. The standard InChI is InChI=1S/C27H28N2O6/c1-2-20-25(26(32)27(28)33)24-21(29(20)15-17-9-5-3-6-10-17)13-19(14-22(24)34-16-23(30)31)35-18-11-7-4-8-12-18/h3-14,26-27,32-33H,2,15-16,28H2,1H3,(H,30,31). The SMILES string of the molecule is CCc1c(C(O)C(N)O)c2c(OCC(=O)O)cc(Oc3ccccc3)cc2n1Cc1ccccc1. The van der Waals surface area contributed by atoms with Gasteiger partial charge in [-0.15, -0.1) is 0 Å². The van der Waals surface area contributed by atoms with Gasteiger partial charge in [0.25, 0.3) is 0 Å². The van der Waals surface area contributed by atoms with Crippen LogP contribution in [-0.2, 0) is 17.8 Å². The largest absolute Gasteiger partial charge is 0.481 e. The number of carboxylic acid groups (broad SMARTS) is 1. The van der Waals surface area contributed by atoms with E-state index in [2.05, 4.69) is 0 Å². The highest BCUT2D eigenvalue weighted by Crippen LogP contribution is 2.42. The van der Waals surface area contributed by atoms with E-state index in [0.29, 0.717) is 40.9 Å². The molecule has 182 valence electrons. The van der Waals surface area contributed by atoms with Crippen LogP contribution in [0.3, 0.4) is 0 Å². The Morgan fingerprint density at radius 3 is 2.26 bits per heavy atom. The number of fused-ring (bicyclic) bond motifs is 1. The summed E-state index contributed by atoms with van der Waals surface area (Å²) in [5, 5.41) is 30.7. The van der Waals surface area contributed by atoms with Gasteiger partial charge < -0.3 is 35.1 Å². The fourth-order valence-corrected chi connectivity index (χ4v) is 4.25. The molecule has 8 nitrogen and oxygen atoms in total. The molecule has 0 radical (unpaired) electrons. The van der Waals surface area contributed by atoms with E-state index in [-0.39, 0.29) is 5.75 Å². The number of para-hydroxylation sites is 1. The number of benzene rings is 3. The predicted molar refractivity (Wildman–Crippen MR) is 132 cm³/mol. The van der Waals surface area contributed by atoms with E-state index in [1.807, 2.05) is 78.2 Å². The summed E-state index contributed by atoms with van der Waals surface area (Å²) in [6.45, 7) is 1.82. The highest BCUT2D eigenvalue weighted by atomic mass is 16.5. The number of nitrogens with two attached hydrogens (primary N) is 1. The number of aliphatic hydroxyl groups excluding tert-OH is 2. The van der Waals surface area contributed by atoms with Crippen molar-refractivity contribution < 1.29 is 29.6 Å². The molecule has 35 heavy (non-hydrogen) atoms. The van der Waals surface area contributed by atoms with Gasteiger partial charge in [-0.05, 0) is 24.1 Å². The van der Waals surface area contributed by atoms with Crippen LogP contribution in [0.1, 0.15) is 29.8 Å². The molecule has 1 aromatic heterocycles. The molecule has 4 rings (SSSR count). The van der Waals surface area contributed by atoms with Crippen LogP contribution in [0.2, 0.25) is 0 Å². The lowest BCUT2D eigenvalue weighted by Crippen LogP contribution is -2.28. The first-order valence-electron chi connectivity index (χ1n) is 11.3. The average molecular weight is 477 g/mol. The van der Waals surface area contributed by atoms with Crippen LogP contribution in [0.15, 0.2) is 72.8 Å². The lowest BCUT2D eigenvalue weighted by atomic mass is 10.0. The summed E-state index contributed by atoms with van der Waals surface area (Å²) in [6, 6.07) is 22.4. The Labute approximate surface area is 202 Å². The molecule has 0 saturated heterocycles. The lowest BCUT2D eigenvalue weighted by molar-refractivity contribution is -0.139. The smallest absolute Gasteiger partial charge is 0.341 e. The molecule has 2 atom stereocenters. The molecule has 0 fully saturated rings. The first-order chi connectivity index (χ1) is 16.9. The monoisotopic (exact) mass is 476 g/mol. The second kappa shape index (κ2) is 10.6. The van der Waals surface area contributed by atoms with E-state index < -0.39 is 24.9 Å². The molecule has 3 aromatic carbocycles. The van der Waals surface area contributed by atoms with Crippen molar-refractivity contribution in [1.29, 1.82) is 0 Å². The molecule has 1 heterocycles. The zero-order valence-corrected chi connectivity index (χ0v) is 19.3. The molecule has 0 amide bonds. The number of carbonyl (C=O) groups is 1. The van der Waals surface area contributed by atoms with E-state index in [1.54, 1.807) is 6.07 Å². The zero-order chi connectivity index (χ0) is 24.9. The van der Waals surface area contributed by atoms with Gasteiger partial charge in [-0.3, -0.25) is 0 Å². The Kier molecular flexibility index (Phi) is 7.36. The number of rotatable bonds is 10. The number of nitrogens with zero attached hydrogens (tertiary/aromatic N) is 1. The van der Waals surface area contributed by atoms with Crippen LogP contribution in [0.4, 0.5) is 0 Å². The first-order valence-corrected chi connectivity index (χ1v) is 11.3. The minimum atomic E-state index is -1.54. The van der Waals surface area contributed by atoms with Crippen molar-refractivity contribution in [3.63, 3.8) is 0 Å². The topological polar surface area (TPSA) is 127 Å². The van der Waals surface area contributed by atoms with Crippen LogP contribution >= 0.6 is 0 Å². The van der Waals surface area contributed by atoms with Crippen LogP contribution in [0, 0.1) is 0 Å². The second-order valence-electron chi connectivity index (χ2n) is 8.13. The highest BCUT2D eigenvalue weighted by molar-refractivity contribution is 5.93. The maximum absolute atomic E-state index is 11.3. The number of hydrogen-bond donors (Lipinski definition) is 4. The molecular formula is C27H28N2O6. The maximum atomic E-state index is 11.3. The number of aliphatic hydroxyl groups is 2. The average Bonchev–Trinajstić information content (AvgIpc) is 3.16. The predicted octanol–water partition coefficient (Wildman–Crippen LogP) is 3.82. The summed E-state index contributed by atoms with van der Waals surface area (Å²) in [4.78, 5) is 11.3. The summed E-state index contributed by atoms with van der Waals surface area (Å²) < 4.78 is 13.7. The van der Waals surface area contributed by atoms with E-state index >= 15 is 0 Å². The summed E-state index contributed by atoms with van der Waals surface area (Å²) in [5.74, 6) is 0.110. The fraction of sp³-hybridized carbons (Fsp3) is 0.222. The summed E-state index contributed by atoms with van der Waals surface area (Å²) in [5.41, 5.74) is 8.52. The minimum Gasteiger partial charge on any atom is -0.481 e. The van der Waals surface area contributed by atoms with Gasteiger partial charge in [-0.2, -0.15) is 0 Å². The summed E-state index contributed by atoms with van der Waals surface area (Å²) in [7, 11) is 0. The van der Waals surface area contributed by atoms with E-state index in [9.17, 15) is 20.1 Å². The Morgan fingerprint density at radius 1 is 1.00 bits per heavy atom. The van der Waals surface area contributed by atoms with Gasteiger partial charge in [0.1, 0.15) is 29.6 Å². The van der Waals surface area contributed by atoms with Gasteiger partial charge in [-0.1, -0.05) is 55.5 Å². The second-order valence-corrected chi connectivity index (χ2v) is 8.13. The molecule has 8 heteroatoms. The third-order valence-corrected chi connectivity index (χ3v) is 5.72. The third-order valence-electron chi connectivity index (χ3n) is 5.72. The molecular weight excluding hydrogens is 448 g/mol. The van der Waals surface area contributed by atoms with Crippen LogP contribution < -0.4 is 15.2 Å². The van der Waals surface area contributed by atoms with E-state index in [0.717, 1.165) is 11.3 Å². The Morgan fingerprint density at radius 2 is 1.66 bits per heavy atom. The molecule has 0 bridgehead atoms. The minimum absolute atomic E-state index is 0.215. The van der Waals surface area contributed by atoms with Crippen molar-refractivity contribution in [2.75, 3.05) is 6.61 Å². The quantitative estimate of drug-likeness (QED) is 0.256. The number of aromatic nitrogens is 1. The molecule has 2 unspecified atom stereocenters. The van der Waals surface area contributed by atoms with Crippen molar-refractivity contribution >= 4 is 16.9 Å². The lowest BCUT2D eigenvalue weighted by Gasteiger charge is -2.17. The molecule has 4 aromatic rings. The number of aliphatic carboxylic acids is 1. The number of ether oxygens (including phenoxy) is 2. The molecule has 0 aliphatic carbocycles. The number of carboxylic acids is 1. The van der Waals surface area contributed by atoms with Gasteiger partial charge >= 0.3 is 5.97 Å². The third kappa shape index (κ3) is 5.30. The molecule has 5 N–H and O–H groups in total. The highest BCUT2D eigenvalue weighted by Gasteiger charge is 2.28. The first kappa shape index (κ1) is 24.3.